The lowest BCUT2D eigenvalue weighted by atomic mass is 10.0. The molecule has 0 fully saturated rings. The summed E-state index contributed by atoms with van der Waals surface area (Å²) >= 11 is 0. The molecule has 1 rings (SSSR count). The number of hydrogen-bond donors (Lipinski definition) is 2. The van der Waals surface area contributed by atoms with Crippen LogP contribution >= 0.6 is 0 Å². The molecule has 0 unspecified atom stereocenters. The van der Waals surface area contributed by atoms with Gasteiger partial charge in [0.05, 0.1) is 12.2 Å². The first-order valence-electron chi connectivity index (χ1n) is 6.32. The van der Waals surface area contributed by atoms with Gasteiger partial charge in [0.15, 0.2) is 0 Å². The molecule has 106 valence electrons. The molecule has 5 heteroatoms. The Bertz CT molecular complexity index is 460. The summed E-state index contributed by atoms with van der Waals surface area (Å²) in [7, 11) is 1.90. The molecule has 0 aromatic heterocycles. The number of nitrogen functional groups attached to an aromatic ring is 1. The van der Waals surface area contributed by atoms with E-state index in [1.165, 1.54) is 18.2 Å². The summed E-state index contributed by atoms with van der Waals surface area (Å²) in [6.45, 7) is 6.51. The van der Waals surface area contributed by atoms with Gasteiger partial charge >= 0.3 is 0 Å². The highest BCUT2D eigenvalue weighted by Gasteiger charge is 2.22. The minimum atomic E-state index is -0.484. The van der Waals surface area contributed by atoms with Crippen LogP contribution in [0.25, 0.3) is 0 Å². The maximum Gasteiger partial charge on any atom is 0.238 e. The quantitative estimate of drug-likeness (QED) is 0.806. The third-order valence-corrected chi connectivity index (χ3v) is 3.56. The molecule has 1 aromatic carbocycles. The molecule has 0 bridgehead atoms. The van der Waals surface area contributed by atoms with Gasteiger partial charge in [0, 0.05) is 11.2 Å². The second-order valence-corrected chi connectivity index (χ2v) is 5.31. The summed E-state index contributed by atoms with van der Waals surface area (Å²) in [5.74, 6) is -0.628. The van der Waals surface area contributed by atoms with Gasteiger partial charge in [-0.2, -0.15) is 0 Å². The van der Waals surface area contributed by atoms with E-state index in [1.807, 2.05) is 11.9 Å². The van der Waals surface area contributed by atoms with Crippen molar-refractivity contribution in [2.75, 3.05) is 24.6 Å². The summed E-state index contributed by atoms with van der Waals surface area (Å²) in [6.07, 6.45) is 0.945. The van der Waals surface area contributed by atoms with E-state index in [9.17, 15) is 9.18 Å². The van der Waals surface area contributed by atoms with Crippen molar-refractivity contribution in [3.05, 3.63) is 24.0 Å². The number of benzene rings is 1. The molecule has 0 saturated heterocycles. The summed E-state index contributed by atoms with van der Waals surface area (Å²) in [6, 6.07) is 4.15. The largest absolute Gasteiger partial charge is 0.396 e. The minimum absolute atomic E-state index is 0.0278. The van der Waals surface area contributed by atoms with E-state index in [0.717, 1.165) is 6.42 Å². The molecule has 3 N–H and O–H groups in total. The Labute approximate surface area is 113 Å². The molecule has 4 nitrogen and oxygen atoms in total. The Morgan fingerprint density at radius 2 is 2.11 bits per heavy atom. The summed E-state index contributed by atoms with van der Waals surface area (Å²) < 4.78 is 13.0. The van der Waals surface area contributed by atoms with Crippen molar-refractivity contribution in [1.29, 1.82) is 0 Å². The van der Waals surface area contributed by atoms with Crippen molar-refractivity contribution in [2.45, 2.75) is 32.7 Å². The lowest BCUT2D eigenvalue weighted by Gasteiger charge is -2.34. The number of carbonyl (C=O) groups is 1. The SMILES string of the molecule is CCC(C)(C)N(C)CC(=O)Nc1ccc(F)c(N)c1. The molecule has 0 saturated carbocycles. The zero-order chi connectivity index (χ0) is 14.6. The second-order valence-electron chi connectivity index (χ2n) is 5.31. The first-order chi connectivity index (χ1) is 8.76. The first-order valence-corrected chi connectivity index (χ1v) is 6.32. The number of carbonyl (C=O) groups excluding carboxylic acids is 1. The monoisotopic (exact) mass is 267 g/mol. The van der Waals surface area contributed by atoms with Gasteiger partial charge in [0.2, 0.25) is 5.91 Å². The van der Waals surface area contributed by atoms with Crippen molar-refractivity contribution in [3.63, 3.8) is 0 Å². The fourth-order valence-electron chi connectivity index (χ4n) is 1.52. The number of halogens is 1. The lowest BCUT2D eigenvalue weighted by Crippen LogP contribution is -2.44. The van der Waals surface area contributed by atoms with Gasteiger partial charge < -0.3 is 11.1 Å². The van der Waals surface area contributed by atoms with Crippen molar-refractivity contribution in [1.82, 2.24) is 4.90 Å². The van der Waals surface area contributed by atoms with E-state index < -0.39 is 5.82 Å². The third-order valence-electron chi connectivity index (χ3n) is 3.56. The molecule has 1 aromatic rings. The predicted octanol–water partition coefficient (Wildman–Crippen LogP) is 2.47. The topological polar surface area (TPSA) is 58.4 Å². The van der Waals surface area contributed by atoms with E-state index in [-0.39, 0.29) is 23.7 Å². The zero-order valence-corrected chi connectivity index (χ0v) is 12.0. The van der Waals surface area contributed by atoms with Crippen molar-refractivity contribution in [2.24, 2.45) is 0 Å². The fraction of sp³-hybridized carbons (Fsp3) is 0.500. The van der Waals surface area contributed by atoms with Gasteiger partial charge in [-0.1, -0.05) is 6.92 Å². The Balaban J connectivity index is 2.63. The predicted molar refractivity (Wildman–Crippen MR) is 76.4 cm³/mol. The Morgan fingerprint density at radius 3 is 2.63 bits per heavy atom. The van der Waals surface area contributed by atoms with Crippen molar-refractivity contribution < 1.29 is 9.18 Å². The van der Waals surface area contributed by atoms with E-state index in [2.05, 4.69) is 26.1 Å². The fourth-order valence-corrected chi connectivity index (χ4v) is 1.52. The molecular weight excluding hydrogens is 245 g/mol. The van der Waals surface area contributed by atoms with Gasteiger partial charge in [0.25, 0.3) is 0 Å². The average molecular weight is 267 g/mol. The highest BCUT2D eigenvalue weighted by Crippen LogP contribution is 2.18. The van der Waals surface area contributed by atoms with Crippen molar-refractivity contribution in [3.8, 4) is 0 Å². The smallest absolute Gasteiger partial charge is 0.238 e. The summed E-state index contributed by atoms with van der Waals surface area (Å²) in [5, 5.41) is 2.71. The molecule has 19 heavy (non-hydrogen) atoms. The Kier molecular flexibility index (Phi) is 4.89. The molecule has 1 amide bonds. The van der Waals surface area contributed by atoms with E-state index in [0.29, 0.717) is 5.69 Å². The van der Waals surface area contributed by atoms with Crippen LogP contribution < -0.4 is 11.1 Å². The zero-order valence-electron chi connectivity index (χ0n) is 12.0. The first kappa shape index (κ1) is 15.4. The maximum absolute atomic E-state index is 13.0. The van der Waals surface area contributed by atoms with Crippen LogP contribution in [-0.4, -0.2) is 29.9 Å². The van der Waals surface area contributed by atoms with Crippen LogP contribution in [0.5, 0.6) is 0 Å². The number of nitrogens with two attached hydrogens (primary N) is 1. The van der Waals surface area contributed by atoms with Crippen LogP contribution in [0.2, 0.25) is 0 Å². The van der Waals surface area contributed by atoms with Crippen molar-refractivity contribution >= 4 is 17.3 Å². The van der Waals surface area contributed by atoms with Gasteiger partial charge in [-0.05, 0) is 45.5 Å². The maximum atomic E-state index is 13.0. The highest BCUT2D eigenvalue weighted by molar-refractivity contribution is 5.92. The molecule has 0 atom stereocenters. The Hall–Kier alpha value is -1.62. The summed E-state index contributed by atoms with van der Waals surface area (Å²) in [4.78, 5) is 13.9. The average Bonchev–Trinajstić information content (AvgIpc) is 2.33. The molecule has 0 radical (unpaired) electrons. The molecule has 0 aliphatic carbocycles. The molecule has 0 spiro atoms. The highest BCUT2D eigenvalue weighted by atomic mass is 19.1. The van der Waals surface area contributed by atoms with Gasteiger partial charge in [-0.15, -0.1) is 0 Å². The number of rotatable bonds is 5. The van der Waals surface area contributed by atoms with Crippen LogP contribution in [0.3, 0.4) is 0 Å². The van der Waals surface area contributed by atoms with Gasteiger partial charge in [0.1, 0.15) is 5.82 Å². The van der Waals surface area contributed by atoms with Gasteiger partial charge in [-0.25, -0.2) is 4.39 Å². The molecule has 0 aliphatic heterocycles. The molecule has 0 heterocycles. The second kappa shape index (κ2) is 6.02. The van der Waals surface area contributed by atoms with Crippen LogP contribution in [0.4, 0.5) is 15.8 Å². The van der Waals surface area contributed by atoms with Crippen LogP contribution in [0.1, 0.15) is 27.2 Å². The number of nitrogens with zero attached hydrogens (tertiary/aromatic N) is 1. The Morgan fingerprint density at radius 1 is 1.47 bits per heavy atom. The minimum Gasteiger partial charge on any atom is -0.396 e. The lowest BCUT2D eigenvalue weighted by molar-refractivity contribution is -0.118. The number of hydrogen-bond acceptors (Lipinski definition) is 3. The van der Waals surface area contributed by atoms with E-state index >= 15 is 0 Å². The molecular formula is C14H22FN3O. The van der Waals surface area contributed by atoms with E-state index in [1.54, 1.807) is 0 Å². The van der Waals surface area contributed by atoms with Crippen LogP contribution in [-0.2, 0) is 4.79 Å². The molecule has 0 aliphatic rings. The standard InChI is InChI=1S/C14H22FN3O/c1-5-14(2,3)18(4)9-13(19)17-10-6-7-11(15)12(16)8-10/h6-8H,5,9,16H2,1-4H3,(H,17,19). The summed E-state index contributed by atoms with van der Waals surface area (Å²) in [5.41, 5.74) is 5.94. The van der Waals surface area contributed by atoms with Crippen LogP contribution in [0, 0.1) is 5.82 Å². The van der Waals surface area contributed by atoms with Gasteiger partial charge in [-0.3, -0.25) is 9.69 Å². The number of amides is 1. The van der Waals surface area contributed by atoms with E-state index in [4.69, 9.17) is 5.73 Å². The normalized spacial score (nSPS) is 11.7. The van der Waals surface area contributed by atoms with Crippen LogP contribution in [0.15, 0.2) is 18.2 Å². The number of anilines is 2. The number of likely N-dealkylation sites (N-methyl/N-ethyl adjacent to an activating group) is 1. The third kappa shape index (κ3) is 4.21. The number of nitrogens with one attached hydrogen (secondary N) is 1.